The van der Waals surface area contributed by atoms with Crippen LogP contribution in [0, 0.1) is 0 Å². The number of rotatable bonds is 1. The van der Waals surface area contributed by atoms with Gasteiger partial charge in [0.1, 0.15) is 0 Å². The molecule has 1 heterocycles. The lowest BCUT2D eigenvalue weighted by Gasteiger charge is -2.20. The van der Waals surface area contributed by atoms with E-state index in [0.29, 0.717) is 5.56 Å². The van der Waals surface area contributed by atoms with E-state index in [2.05, 4.69) is 46.6 Å². The molecule has 0 saturated heterocycles. The van der Waals surface area contributed by atoms with E-state index < -0.39 is 0 Å². The fourth-order valence-electron chi connectivity index (χ4n) is 1.40. The molecule has 0 aliphatic heterocycles. The van der Waals surface area contributed by atoms with Crippen molar-refractivity contribution in [1.29, 1.82) is 0 Å². The van der Waals surface area contributed by atoms with Crippen molar-refractivity contribution in [1.82, 2.24) is 9.78 Å². The first-order chi connectivity index (χ1) is 6.66. The smallest absolute Gasteiger partial charge is 0.153 e. The third-order valence-electron chi connectivity index (χ3n) is 2.27. The molecule has 1 rings (SSSR count). The summed E-state index contributed by atoms with van der Waals surface area (Å²) >= 11 is 0. The highest BCUT2D eigenvalue weighted by atomic mass is 16.1. The Balaban J connectivity index is 3.30. The molecule has 0 aliphatic carbocycles. The average molecular weight is 208 g/mol. The first kappa shape index (κ1) is 12.0. The van der Waals surface area contributed by atoms with Gasteiger partial charge in [-0.15, -0.1) is 0 Å². The molecule has 0 radical (unpaired) electrons. The second kappa shape index (κ2) is 3.47. The first-order valence-electron chi connectivity index (χ1n) is 5.22. The molecule has 1 aromatic heterocycles. The minimum Gasteiger partial charge on any atom is -0.298 e. The molecule has 0 aliphatic rings. The molecule has 0 saturated carbocycles. The van der Waals surface area contributed by atoms with Crippen molar-refractivity contribution in [3.05, 3.63) is 17.5 Å². The highest BCUT2D eigenvalue weighted by Gasteiger charge is 2.25. The van der Waals surface area contributed by atoms with Crippen LogP contribution in [0.3, 0.4) is 0 Å². The summed E-state index contributed by atoms with van der Waals surface area (Å²) in [6.45, 7) is 12.4. The van der Waals surface area contributed by atoms with Crippen molar-refractivity contribution < 1.29 is 4.79 Å². The summed E-state index contributed by atoms with van der Waals surface area (Å²) < 4.78 is 1.86. The van der Waals surface area contributed by atoms with Gasteiger partial charge in [-0.25, -0.2) is 0 Å². The lowest BCUT2D eigenvalue weighted by molar-refractivity contribution is 0.112. The van der Waals surface area contributed by atoms with Gasteiger partial charge < -0.3 is 0 Å². The molecule has 3 nitrogen and oxygen atoms in total. The maximum atomic E-state index is 11.0. The van der Waals surface area contributed by atoms with Crippen molar-refractivity contribution in [3.8, 4) is 0 Å². The lowest BCUT2D eigenvalue weighted by atomic mass is 9.90. The molecule has 0 atom stereocenters. The summed E-state index contributed by atoms with van der Waals surface area (Å²) in [5.74, 6) is 0. The number of aromatic nitrogens is 2. The molecule has 0 unspecified atom stereocenters. The van der Waals surface area contributed by atoms with Crippen molar-refractivity contribution in [2.24, 2.45) is 0 Å². The number of nitrogens with zero attached hydrogens (tertiary/aromatic N) is 2. The van der Waals surface area contributed by atoms with Gasteiger partial charge in [0.25, 0.3) is 0 Å². The van der Waals surface area contributed by atoms with Gasteiger partial charge in [0.05, 0.1) is 16.8 Å². The fraction of sp³-hybridized carbons (Fsp3) is 0.667. The van der Waals surface area contributed by atoms with Crippen molar-refractivity contribution in [2.75, 3.05) is 0 Å². The highest BCUT2D eigenvalue weighted by molar-refractivity contribution is 5.76. The van der Waals surface area contributed by atoms with E-state index >= 15 is 0 Å². The zero-order chi connectivity index (χ0) is 11.9. The molecule has 1 aromatic rings. The Morgan fingerprint density at radius 1 is 1.20 bits per heavy atom. The summed E-state index contributed by atoms with van der Waals surface area (Å²) in [5, 5.41) is 4.51. The predicted octanol–water partition coefficient (Wildman–Crippen LogP) is 2.75. The van der Waals surface area contributed by atoms with Crippen LogP contribution >= 0.6 is 0 Å². The molecule has 0 N–H and O–H groups in total. The Morgan fingerprint density at radius 3 is 2.00 bits per heavy atom. The molecule has 0 bridgehead atoms. The van der Waals surface area contributed by atoms with Crippen LogP contribution < -0.4 is 0 Å². The quantitative estimate of drug-likeness (QED) is 0.665. The van der Waals surface area contributed by atoms with Crippen molar-refractivity contribution >= 4 is 6.29 Å². The number of carbonyl (C=O) groups is 1. The largest absolute Gasteiger partial charge is 0.298 e. The monoisotopic (exact) mass is 208 g/mol. The fourth-order valence-corrected chi connectivity index (χ4v) is 1.40. The molecule has 0 aromatic carbocycles. The summed E-state index contributed by atoms with van der Waals surface area (Å²) in [6, 6.07) is 0. The van der Waals surface area contributed by atoms with Crippen LogP contribution in [0.4, 0.5) is 0 Å². The Kier molecular flexibility index (Phi) is 2.77. The standard InChI is InChI=1S/C12H20N2O/c1-11(2,3)10-9(8-15)7-14(13-10)12(4,5)6/h7-8H,1-6H3. The van der Waals surface area contributed by atoms with Crippen molar-refractivity contribution in [2.45, 2.75) is 52.5 Å². The maximum absolute atomic E-state index is 11.0. The number of carbonyl (C=O) groups excluding carboxylic acids is 1. The second-order valence-corrected chi connectivity index (χ2v) is 5.92. The van der Waals surface area contributed by atoms with E-state index in [0.717, 1.165) is 12.0 Å². The van der Waals surface area contributed by atoms with Crippen LogP contribution in [0.25, 0.3) is 0 Å². The minimum absolute atomic E-state index is 0.0821. The van der Waals surface area contributed by atoms with E-state index in [9.17, 15) is 4.79 Å². The molecule has 84 valence electrons. The van der Waals surface area contributed by atoms with Gasteiger partial charge >= 0.3 is 0 Å². The first-order valence-corrected chi connectivity index (χ1v) is 5.22. The van der Waals surface area contributed by atoms with E-state index in [1.807, 2.05) is 10.9 Å². The van der Waals surface area contributed by atoms with Gasteiger partial charge in [0, 0.05) is 11.6 Å². The van der Waals surface area contributed by atoms with Crippen LogP contribution in [0.1, 0.15) is 57.6 Å². The van der Waals surface area contributed by atoms with Crippen LogP contribution in [-0.4, -0.2) is 16.1 Å². The third kappa shape index (κ3) is 2.46. The Morgan fingerprint density at radius 2 is 1.73 bits per heavy atom. The molecular weight excluding hydrogens is 188 g/mol. The van der Waals surface area contributed by atoms with Crippen molar-refractivity contribution in [3.63, 3.8) is 0 Å². The zero-order valence-corrected chi connectivity index (χ0v) is 10.5. The SMILES string of the molecule is CC(C)(C)c1nn(C(C)(C)C)cc1C=O. The Bertz CT molecular complexity index is 364. The van der Waals surface area contributed by atoms with Crippen LogP contribution in [-0.2, 0) is 11.0 Å². The predicted molar refractivity (Wildman–Crippen MR) is 61.3 cm³/mol. The van der Waals surface area contributed by atoms with Crippen LogP contribution in [0.5, 0.6) is 0 Å². The molecule has 0 fully saturated rings. The average Bonchev–Trinajstić information content (AvgIpc) is 2.44. The molecule has 15 heavy (non-hydrogen) atoms. The maximum Gasteiger partial charge on any atom is 0.153 e. The lowest BCUT2D eigenvalue weighted by Crippen LogP contribution is -2.23. The number of hydrogen-bond donors (Lipinski definition) is 0. The molecule has 0 amide bonds. The summed E-state index contributed by atoms with van der Waals surface area (Å²) in [4.78, 5) is 11.0. The topological polar surface area (TPSA) is 34.9 Å². The number of aldehydes is 1. The molecular formula is C12H20N2O. The van der Waals surface area contributed by atoms with E-state index in [1.165, 1.54) is 0 Å². The second-order valence-electron chi connectivity index (χ2n) is 5.92. The normalized spacial score (nSPS) is 12.9. The van der Waals surface area contributed by atoms with Gasteiger partial charge in [0.2, 0.25) is 0 Å². The van der Waals surface area contributed by atoms with Gasteiger partial charge in [-0.05, 0) is 20.8 Å². The highest BCUT2D eigenvalue weighted by Crippen LogP contribution is 2.25. The van der Waals surface area contributed by atoms with E-state index in [-0.39, 0.29) is 11.0 Å². The van der Waals surface area contributed by atoms with Gasteiger partial charge in [-0.3, -0.25) is 9.48 Å². The Labute approximate surface area is 91.5 Å². The molecule has 0 spiro atoms. The van der Waals surface area contributed by atoms with Gasteiger partial charge in [-0.2, -0.15) is 5.10 Å². The summed E-state index contributed by atoms with van der Waals surface area (Å²) in [6.07, 6.45) is 2.71. The molecule has 3 heteroatoms. The van der Waals surface area contributed by atoms with Gasteiger partial charge in [-0.1, -0.05) is 20.8 Å². The summed E-state index contributed by atoms with van der Waals surface area (Å²) in [7, 11) is 0. The van der Waals surface area contributed by atoms with Crippen LogP contribution in [0.2, 0.25) is 0 Å². The van der Waals surface area contributed by atoms with Crippen LogP contribution in [0.15, 0.2) is 6.20 Å². The van der Waals surface area contributed by atoms with E-state index in [1.54, 1.807) is 0 Å². The number of hydrogen-bond acceptors (Lipinski definition) is 2. The van der Waals surface area contributed by atoms with Gasteiger partial charge in [0.15, 0.2) is 6.29 Å². The third-order valence-corrected chi connectivity index (χ3v) is 2.27. The summed E-state index contributed by atoms with van der Waals surface area (Å²) in [5.41, 5.74) is 1.39. The zero-order valence-electron chi connectivity index (χ0n) is 10.5. The minimum atomic E-state index is -0.0905. The van der Waals surface area contributed by atoms with E-state index in [4.69, 9.17) is 0 Å². The Hall–Kier alpha value is -1.12.